The minimum atomic E-state index is -2.21. The van der Waals surface area contributed by atoms with Crippen LogP contribution in [0.25, 0.3) is 0 Å². The van der Waals surface area contributed by atoms with E-state index in [1.54, 1.807) is 30.3 Å². The van der Waals surface area contributed by atoms with Gasteiger partial charge in [0.15, 0.2) is 0 Å². The lowest BCUT2D eigenvalue weighted by molar-refractivity contribution is 0.0951. The van der Waals surface area contributed by atoms with Crippen LogP contribution in [0.2, 0.25) is 5.02 Å². The molecule has 0 spiro atoms. The van der Waals surface area contributed by atoms with Gasteiger partial charge in [0.1, 0.15) is 11.5 Å². The standard InChI is InChI=1S/C17H19ClN2O5S/c1-24-15-6-4-12(18)10-13(15)17(21)19-8-7-11-3-5-16(25-2)14(9-11)20-26(22)23/h3-6,9-10,20H,7-8H2,1-2H3,(H,19,21)(H,22,23). The van der Waals surface area contributed by atoms with Crippen LogP contribution in [-0.2, 0) is 17.7 Å². The Morgan fingerprint density at radius 2 is 1.85 bits per heavy atom. The lowest BCUT2D eigenvalue weighted by atomic mass is 10.1. The molecule has 0 aliphatic heterocycles. The number of halogens is 1. The molecule has 0 aliphatic rings. The van der Waals surface area contributed by atoms with Crippen LogP contribution in [-0.4, -0.2) is 35.4 Å². The number of hydrogen-bond acceptors (Lipinski definition) is 4. The highest BCUT2D eigenvalue weighted by Gasteiger charge is 2.13. The monoisotopic (exact) mass is 398 g/mol. The fraction of sp³-hybridized carbons (Fsp3) is 0.235. The number of anilines is 1. The van der Waals surface area contributed by atoms with Gasteiger partial charge >= 0.3 is 0 Å². The smallest absolute Gasteiger partial charge is 0.259 e. The van der Waals surface area contributed by atoms with Crippen LogP contribution < -0.4 is 19.5 Å². The van der Waals surface area contributed by atoms with Crippen molar-refractivity contribution < 1.29 is 23.0 Å². The molecule has 140 valence electrons. The normalized spacial score (nSPS) is 11.5. The second kappa shape index (κ2) is 9.42. The molecule has 2 aromatic carbocycles. The molecule has 26 heavy (non-hydrogen) atoms. The summed E-state index contributed by atoms with van der Waals surface area (Å²) < 4.78 is 32.6. The van der Waals surface area contributed by atoms with Gasteiger partial charge in [0, 0.05) is 11.6 Å². The highest BCUT2D eigenvalue weighted by atomic mass is 35.5. The van der Waals surface area contributed by atoms with E-state index in [1.165, 1.54) is 14.2 Å². The van der Waals surface area contributed by atoms with Crippen molar-refractivity contribution in [2.45, 2.75) is 6.42 Å². The van der Waals surface area contributed by atoms with Gasteiger partial charge < -0.3 is 14.8 Å². The third-order valence-corrected chi connectivity index (χ3v) is 4.20. The van der Waals surface area contributed by atoms with Crippen molar-refractivity contribution in [3.63, 3.8) is 0 Å². The number of methoxy groups -OCH3 is 2. The van der Waals surface area contributed by atoms with Crippen LogP contribution in [0.1, 0.15) is 15.9 Å². The number of hydrogen-bond donors (Lipinski definition) is 3. The van der Waals surface area contributed by atoms with Crippen LogP contribution in [0.3, 0.4) is 0 Å². The number of carbonyl (C=O) groups excluding carboxylic acids is 1. The maximum Gasteiger partial charge on any atom is 0.259 e. The topological polar surface area (TPSA) is 96.9 Å². The summed E-state index contributed by atoms with van der Waals surface area (Å²) in [6.07, 6.45) is 0.519. The maximum atomic E-state index is 12.3. The van der Waals surface area contributed by atoms with E-state index in [1.807, 2.05) is 6.07 Å². The predicted octanol–water partition coefficient (Wildman–Crippen LogP) is 2.88. The summed E-state index contributed by atoms with van der Waals surface area (Å²) in [4.78, 5) is 12.3. The molecule has 2 rings (SSSR count). The summed E-state index contributed by atoms with van der Waals surface area (Å²) in [7, 11) is 2.95. The summed E-state index contributed by atoms with van der Waals surface area (Å²) >= 11 is 3.73. The molecule has 0 fully saturated rings. The lowest BCUT2D eigenvalue weighted by Crippen LogP contribution is -2.26. The molecule has 0 saturated carbocycles. The zero-order chi connectivity index (χ0) is 19.1. The summed E-state index contributed by atoms with van der Waals surface area (Å²) in [6.45, 7) is 0.364. The van der Waals surface area contributed by atoms with E-state index in [0.29, 0.717) is 40.7 Å². The molecular weight excluding hydrogens is 380 g/mol. The predicted molar refractivity (Wildman–Crippen MR) is 101 cm³/mol. The van der Waals surface area contributed by atoms with Crippen molar-refractivity contribution in [1.82, 2.24) is 5.32 Å². The van der Waals surface area contributed by atoms with E-state index in [0.717, 1.165) is 5.56 Å². The Labute approximate surface area is 159 Å². The number of carbonyl (C=O) groups is 1. The Morgan fingerprint density at radius 3 is 2.50 bits per heavy atom. The first-order valence-electron chi connectivity index (χ1n) is 7.60. The first-order valence-corrected chi connectivity index (χ1v) is 9.09. The zero-order valence-electron chi connectivity index (χ0n) is 14.2. The fourth-order valence-electron chi connectivity index (χ4n) is 2.36. The molecule has 0 aliphatic carbocycles. The molecule has 3 N–H and O–H groups in total. The van der Waals surface area contributed by atoms with Crippen molar-refractivity contribution in [2.24, 2.45) is 0 Å². The van der Waals surface area contributed by atoms with Gasteiger partial charge in [0.05, 0.1) is 25.5 Å². The molecule has 7 nitrogen and oxygen atoms in total. The van der Waals surface area contributed by atoms with Gasteiger partial charge in [-0.1, -0.05) is 17.7 Å². The van der Waals surface area contributed by atoms with Gasteiger partial charge in [-0.2, -0.15) is 0 Å². The summed E-state index contributed by atoms with van der Waals surface area (Å²) in [5, 5.41) is 3.24. The molecule has 0 aromatic heterocycles. The van der Waals surface area contributed by atoms with E-state index in [9.17, 15) is 9.00 Å². The molecule has 2 aromatic rings. The van der Waals surface area contributed by atoms with E-state index in [2.05, 4.69) is 10.0 Å². The highest BCUT2D eigenvalue weighted by Crippen LogP contribution is 2.26. The average molecular weight is 399 g/mol. The van der Waals surface area contributed by atoms with Crippen molar-refractivity contribution >= 4 is 34.5 Å². The largest absolute Gasteiger partial charge is 0.496 e. The van der Waals surface area contributed by atoms with Crippen molar-refractivity contribution in [1.29, 1.82) is 0 Å². The summed E-state index contributed by atoms with van der Waals surface area (Å²) in [5.74, 6) is 0.588. The van der Waals surface area contributed by atoms with Crippen molar-refractivity contribution in [3.8, 4) is 11.5 Å². The van der Waals surface area contributed by atoms with E-state index >= 15 is 0 Å². The van der Waals surface area contributed by atoms with Crippen molar-refractivity contribution in [3.05, 3.63) is 52.5 Å². The molecule has 1 unspecified atom stereocenters. The first kappa shape index (κ1) is 20.0. The Kier molecular flexibility index (Phi) is 7.26. The maximum absolute atomic E-state index is 12.3. The molecule has 0 heterocycles. The lowest BCUT2D eigenvalue weighted by Gasteiger charge is -2.12. The van der Waals surface area contributed by atoms with Gasteiger partial charge in [0.2, 0.25) is 0 Å². The number of rotatable bonds is 8. The second-order valence-electron chi connectivity index (χ2n) is 5.24. The molecule has 9 heteroatoms. The number of nitrogens with one attached hydrogen (secondary N) is 2. The van der Waals surface area contributed by atoms with Crippen LogP contribution in [0, 0.1) is 0 Å². The number of ether oxygens (including phenoxy) is 2. The van der Waals surface area contributed by atoms with Gasteiger partial charge in [0.25, 0.3) is 17.2 Å². The number of benzene rings is 2. The van der Waals surface area contributed by atoms with E-state index < -0.39 is 11.3 Å². The molecule has 0 saturated heterocycles. The molecular formula is C17H19ClN2O5S. The number of amides is 1. The molecule has 0 bridgehead atoms. The minimum Gasteiger partial charge on any atom is -0.496 e. The van der Waals surface area contributed by atoms with Gasteiger partial charge in [-0.25, -0.2) is 4.21 Å². The SMILES string of the molecule is COc1ccc(CCNC(=O)c2cc(Cl)ccc2OC)cc1NS(=O)O. The van der Waals surface area contributed by atoms with Crippen LogP contribution >= 0.6 is 11.6 Å². The highest BCUT2D eigenvalue weighted by molar-refractivity contribution is 7.80. The molecule has 1 amide bonds. The Morgan fingerprint density at radius 1 is 1.15 bits per heavy atom. The van der Waals surface area contributed by atoms with Gasteiger partial charge in [-0.05, 0) is 42.3 Å². The van der Waals surface area contributed by atoms with Crippen LogP contribution in [0.15, 0.2) is 36.4 Å². The minimum absolute atomic E-state index is 0.298. The summed E-state index contributed by atoms with van der Waals surface area (Å²) in [5.41, 5.74) is 1.61. The third-order valence-electron chi connectivity index (χ3n) is 3.57. The van der Waals surface area contributed by atoms with Crippen molar-refractivity contribution in [2.75, 3.05) is 25.5 Å². The molecule has 1 atom stereocenters. The fourth-order valence-corrected chi connectivity index (χ4v) is 2.88. The zero-order valence-corrected chi connectivity index (χ0v) is 15.8. The molecule has 0 radical (unpaired) electrons. The average Bonchev–Trinajstić information content (AvgIpc) is 2.61. The van der Waals surface area contributed by atoms with E-state index in [-0.39, 0.29) is 5.91 Å². The third kappa shape index (κ3) is 5.35. The Hall–Kier alpha value is -2.29. The van der Waals surface area contributed by atoms with Gasteiger partial charge in [-0.15, -0.1) is 0 Å². The first-order chi connectivity index (χ1) is 12.4. The van der Waals surface area contributed by atoms with Crippen LogP contribution in [0.5, 0.6) is 11.5 Å². The van der Waals surface area contributed by atoms with E-state index in [4.69, 9.17) is 25.6 Å². The Bertz CT molecular complexity index is 816. The van der Waals surface area contributed by atoms with Gasteiger partial charge in [-0.3, -0.25) is 14.1 Å². The van der Waals surface area contributed by atoms with Crippen LogP contribution in [0.4, 0.5) is 5.69 Å². The summed E-state index contributed by atoms with van der Waals surface area (Å²) in [6, 6.07) is 10.0. The quantitative estimate of drug-likeness (QED) is 0.594. The Balaban J connectivity index is 2.02. The second-order valence-corrected chi connectivity index (χ2v) is 6.38.